The molecule has 82 valence electrons. The average Bonchev–Trinajstić information content (AvgIpc) is 2.66. The fraction of sp³-hybridized carbons (Fsp3) is 0.909. The van der Waals surface area contributed by atoms with Gasteiger partial charge in [-0.15, -0.1) is 0 Å². The highest BCUT2D eigenvalue weighted by Gasteiger charge is 2.73. The molecule has 4 rings (SSSR count). The number of hydrogen-bond donors (Lipinski definition) is 3. The van der Waals surface area contributed by atoms with E-state index < -0.39 is 0 Å². The molecule has 4 nitrogen and oxygen atoms in total. The van der Waals surface area contributed by atoms with E-state index in [-0.39, 0.29) is 35.4 Å². The molecular weight excluding hydrogens is 192 g/mol. The zero-order chi connectivity index (χ0) is 10.4. The Kier molecular flexibility index (Phi) is 1.27. The normalized spacial score (nSPS) is 64.8. The van der Waals surface area contributed by atoms with Gasteiger partial charge in [-0.1, -0.05) is 0 Å². The van der Waals surface area contributed by atoms with Crippen molar-refractivity contribution in [2.24, 2.45) is 28.9 Å². The molecule has 1 spiro atoms. The lowest BCUT2D eigenvalue weighted by atomic mass is 9.59. The van der Waals surface area contributed by atoms with Crippen molar-refractivity contribution in [2.75, 3.05) is 0 Å². The number of nitrogens with one attached hydrogen (secondary N) is 1. The molecule has 0 aromatic heterocycles. The molecule has 15 heavy (non-hydrogen) atoms. The molecule has 1 aliphatic heterocycles. The van der Waals surface area contributed by atoms with Crippen LogP contribution < -0.4 is 11.1 Å². The Hall–Kier alpha value is -0.610. The van der Waals surface area contributed by atoms with Crippen LogP contribution in [0.25, 0.3) is 0 Å². The Morgan fingerprint density at radius 3 is 2.87 bits per heavy atom. The molecule has 3 aliphatic carbocycles. The second-order valence-corrected chi connectivity index (χ2v) is 5.88. The first-order chi connectivity index (χ1) is 7.13. The molecule has 4 heteroatoms. The molecule has 0 aromatic rings. The van der Waals surface area contributed by atoms with Crippen LogP contribution in [0.4, 0.5) is 0 Å². The van der Waals surface area contributed by atoms with E-state index in [0.29, 0.717) is 11.8 Å². The van der Waals surface area contributed by atoms with Gasteiger partial charge >= 0.3 is 0 Å². The highest BCUT2D eigenvalue weighted by Crippen LogP contribution is 2.70. The molecule has 1 heterocycles. The number of nitrogens with two attached hydrogens (primary N) is 1. The van der Waals surface area contributed by atoms with Crippen molar-refractivity contribution in [2.45, 2.75) is 37.5 Å². The van der Waals surface area contributed by atoms with E-state index in [1.165, 1.54) is 0 Å². The third-order valence-corrected chi connectivity index (χ3v) is 5.49. The van der Waals surface area contributed by atoms with Gasteiger partial charge in [-0.05, 0) is 36.5 Å². The highest BCUT2D eigenvalue weighted by atomic mass is 16.3. The summed E-state index contributed by atoms with van der Waals surface area (Å²) >= 11 is 0. The van der Waals surface area contributed by atoms with Crippen molar-refractivity contribution < 1.29 is 9.90 Å². The molecule has 1 amide bonds. The van der Waals surface area contributed by atoms with Crippen LogP contribution in [-0.4, -0.2) is 29.2 Å². The standard InChI is InChI=1S/C11H16N2O2/c12-8-6-1-5-7(9(8)13-10(5)15)11(6)2-4(14)3-11/h4-9,14H,1-3,12H2,(H,13,15)/t4?,5-,6-,7-,8+,9+,11?/m1/s1. The van der Waals surface area contributed by atoms with Crippen molar-refractivity contribution >= 4 is 5.91 Å². The summed E-state index contributed by atoms with van der Waals surface area (Å²) in [6.07, 6.45) is 2.56. The van der Waals surface area contributed by atoms with Gasteiger partial charge in [0.25, 0.3) is 0 Å². The monoisotopic (exact) mass is 208 g/mol. The summed E-state index contributed by atoms with van der Waals surface area (Å²) in [5.41, 5.74) is 6.41. The first kappa shape index (κ1) is 8.53. The predicted molar refractivity (Wildman–Crippen MR) is 52.7 cm³/mol. The largest absolute Gasteiger partial charge is 0.393 e. The zero-order valence-corrected chi connectivity index (χ0v) is 8.52. The van der Waals surface area contributed by atoms with Gasteiger partial charge in [0, 0.05) is 18.0 Å². The molecule has 0 aromatic carbocycles. The molecular formula is C11H16N2O2. The Morgan fingerprint density at radius 1 is 1.47 bits per heavy atom. The number of hydrogen-bond acceptors (Lipinski definition) is 3. The van der Waals surface area contributed by atoms with Crippen LogP contribution in [0.5, 0.6) is 0 Å². The second kappa shape index (κ2) is 2.23. The van der Waals surface area contributed by atoms with Gasteiger partial charge < -0.3 is 16.2 Å². The third kappa shape index (κ3) is 0.712. The molecule has 4 aliphatic rings. The van der Waals surface area contributed by atoms with Crippen LogP contribution in [0.15, 0.2) is 0 Å². The number of aliphatic hydroxyl groups is 1. The van der Waals surface area contributed by atoms with Crippen LogP contribution in [-0.2, 0) is 4.79 Å². The second-order valence-electron chi connectivity index (χ2n) is 5.88. The van der Waals surface area contributed by atoms with Gasteiger partial charge in [-0.3, -0.25) is 4.79 Å². The van der Waals surface area contributed by atoms with Crippen molar-refractivity contribution in [3.63, 3.8) is 0 Å². The summed E-state index contributed by atoms with van der Waals surface area (Å²) in [5.74, 6) is 1.31. The minimum atomic E-state index is -0.145. The van der Waals surface area contributed by atoms with Crippen molar-refractivity contribution in [1.82, 2.24) is 5.32 Å². The van der Waals surface area contributed by atoms with Crippen molar-refractivity contribution in [3.8, 4) is 0 Å². The fourth-order valence-electron chi connectivity index (χ4n) is 5.06. The summed E-state index contributed by atoms with van der Waals surface area (Å²) in [6.45, 7) is 0. The Labute approximate surface area is 88.2 Å². The maximum absolute atomic E-state index is 11.7. The molecule has 5 atom stereocenters. The van der Waals surface area contributed by atoms with E-state index in [2.05, 4.69) is 5.32 Å². The molecule has 0 unspecified atom stereocenters. The number of carbonyl (C=O) groups is 1. The van der Waals surface area contributed by atoms with E-state index in [4.69, 9.17) is 5.73 Å². The minimum Gasteiger partial charge on any atom is -0.393 e. The summed E-state index contributed by atoms with van der Waals surface area (Å²) < 4.78 is 0. The number of carbonyl (C=O) groups excluding carboxylic acids is 1. The fourth-order valence-corrected chi connectivity index (χ4v) is 5.06. The van der Waals surface area contributed by atoms with Crippen LogP contribution in [0.1, 0.15) is 19.3 Å². The smallest absolute Gasteiger partial charge is 0.223 e. The lowest BCUT2D eigenvalue weighted by Gasteiger charge is -2.47. The minimum absolute atomic E-state index is 0.130. The maximum atomic E-state index is 11.7. The summed E-state index contributed by atoms with van der Waals surface area (Å²) in [6, 6.07) is 0.332. The van der Waals surface area contributed by atoms with Gasteiger partial charge in [-0.2, -0.15) is 0 Å². The topological polar surface area (TPSA) is 75.3 Å². The van der Waals surface area contributed by atoms with Crippen LogP contribution in [0.3, 0.4) is 0 Å². The van der Waals surface area contributed by atoms with E-state index in [0.717, 1.165) is 19.3 Å². The Bertz CT molecular complexity index is 350. The van der Waals surface area contributed by atoms with E-state index in [1.807, 2.05) is 0 Å². The van der Waals surface area contributed by atoms with Crippen LogP contribution >= 0.6 is 0 Å². The quantitative estimate of drug-likeness (QED) is 0.489. The first-order valence-corrected chi connectivity index (χ1v) is 5.87. The Morgan fingerprint density at radius 2 is 2.20 bits per heavy atom. The molecule has 1 saturated heterocycles. The lowest BCUT2D eigenvalue weighted by molar-refractivity contribution is -0.123. The molecule has 2 bridgehead atoms. The van der Waals surface area contributed by atoms with Gasteiger partial charge in [-0.25, -0.2) is 0 Å². The SMILES string of the molecule is N[C@@H]1[C@H]2NC(=O)[C@@H]3C[C@H]1C1(CC(O)C1)[C@@H]23. The van der Waals surface area contributed by atoms with Crippen molar-refractivity contribution in [3.05, 3.63) is 0 Å². The number of amides is 1. The number of rotatable bonds is 0. The van der Waals surface area contributed by atoms with E-state index >= 15 is 0 Å². The van der Waals surface area contributed by atoms with Crippen LogP contribution in [0.2, 0.25) is 0 Å². The van der Waals surface area contributed by atoms with Crippen LogP contribution in [0, 0.1) is 23.2 Å². The van der Waals surface area contributed by atoms with Crippen molar-refractivity contribution in [1.29, 1.82) is 0 Å². The number of aliphatic hydroxyl groups excluding tert-OH is 1. The zero-order valence-electron chi connectivity index (χ0n) is 8.52. The summed E-state index contributed by atoms with van der Waals surface area (Å²) in [4.78, 5) is 11.7. The first-order valence-electron chi connectivity index (χ1n) is 5.87. The molecule has 3 saturated carbocycles. The molecule has 0 radical (unpaired) electrons. The predicted octanol–water partition coefficient (Wildman–Crippen LogP) is -0.781. The third-order valence-electron chi connectivity index (χ3n) is 5.49. The lowest BCUT2D eigenvalue weighted by Crippen LogP contribution is -2.46. The summed E-state index contributed by atoms with van der Waals surface area (Å²) in [7, 11) is 0. The molecule has 4 N–H and O–H groups in total. The maximum Gasteiger partial charge on any atom is 0.223 e. The van der Waals surface area contributed by atoms with Gasteiger partial charge in [0.2, 0.25) is 5.91 Å². The Balaban J connectivity index is 1.79. The van der Waals surface area contributed by atoms with Gasteiger partial charge in [0.15, 0.2) is 0 Å². The average molecular weight is 208 g/mol. The van der Waals surface area contributed by atoms with Gasteiger partial charge in [0.05, 0.1) is 6.10 Å². The summed E-state index contributed by atoms with van der Waals surface area (Å²) in [5, 5.41) is 12.6. The van der Waals surface area contributed by atoms with E-state index in [1.54, 1.807) is 0 Å². The highest BCUT2D eigenvalue weighted by molar-refractivity contribution is 5.83. The molecule has 4 fully saturated rings. The van der Waals surface area contributed by atoms with Gasteiger partial charge in [0.1, 0.15) is 0 Å². The van der Waals surface area contributed by atoms with E-state index in [9.17, 15) is 9.90 Å².